The summed E-state index contributed by atoms with van der Waals surface area (Å²) >= 11 is 0. The van der Waals surface area contributed by atoms with E-state index in [4.69, 9.17) is 0 Å². The lowest BCUT2D eigenvalue weighted by atomic mass is 9.86. The van der Waals surface area contributed by atoms with E-state index in [0.717, 1.165) is 27.8 Å². The molecule has 0 amide bonds. The Kier molecular flexibility index (Phi) is 5.66. The van der Waals surface area contributed by atoms with Gasteiger partial charge in [0.05, 0.1) is 16.8 Å². The van der Waals surface area contributed by atoms with E-state index in [0.29, 0.717) is 18.5 Å². The highest BCUT2D eigenvalue weighted by molar-refractivity contribution is 7.89. The number of fused-ring (bicyclic) bond motifs is 2. The monoisotopic (exact) mass is 476 g/mol. The van der Waals surface area contributed by atoms with E-state index in [2.05, 4.69) is 10.3 Å². The average Bonchev–Trinajstić information content (AvgIpc) is 3.22. The van der Waals surface area contributed by atoms with Gasteiger partial charge in [-0.1, -0.05) is 47.7 Å². The second kappa shape index (κ2) is 8.66. The predicted molar refractivity (Wildman–Crippen MR) is 127 cm³/mol. The van der Waals surface area contributed by atoms with Crippen LogP contribution in [0.3, 0.4) is 0 Å². The molecule has 1 atom stereocenters. The van der Waals surface area contributed by atoms with Gasteiger partial charge in [-0.3, -0.25) is 4.79 Å². The lowest BCUT2D eigenvalue weighted by Crippen LogP contribution is -2.36. The molecule has 0 saturated heterocycles. The minimum absolute atomic E-state index is 0.0867. The first kappa shape index (κ1) is 22.2. The maximum absolute atomic E-state index is 13.1. The summed E-state index contributed by atoms with van der Waals surface area (Å²) in [6.07, 6.45) is 0.521. The average molecular weight is 477 g/mol. The van der Waals surface area contributed by atoms with Crippen LogP contribution in [0.25, 0.3) is 11.0 Å². The Balaban J connectivity index is 1.50. The van der Waals surface area contributed by atoms with Gasteiger partial charge in [-0.25, -0.2) is 13.1 Å². The lowest BCUT2D eigenvalue weighted by Gasteiger charge is -2.29. The van der Waals surface area contributed by atoms with Crippen LogP contribution < -0.4 is 0 Å². The molecule has 1 aliphatic rings. The van der Waals surface area contributed by atoms with Crippen molar-refractivity contribution in [1.82, 2.24) is 19.3 Å². The predicted octanol–water partition coefficient (Wildman–Crippen LogP) is 3.32. The third kappa shape index (κ3) is 4.08. The number of benzene rings is 3. The molecule has 0 spiro atoms. The fraction of sp³-hybridized carbons (Fsp3) is 0.240. The molecule has 1 aliphatic heterocycles. The molecule has 1 N–H and O–H groups in total. The van der Waals surface area contributed by atoms with Crippen LogP contribution in [-0.2, 0) is 34.8 Å². The molecule has 3 aromatic carbocycles. The zero-order valence-corrected chi connectivity index (χ0v) is 19.4. The number of nitrogens with zero attached hydrogens (tertiary/aromatic N) is 4. The SMILES string of the molecule is Cn1nnc2cc(C(CC(=O)O)c3ccc4c(c3)CN(S(=O)(=O)c3ccccc3)CC4)ccc21. The van der Waals surface area contributed by atoms with Crippen LogP contribution in [0, 0.1) is 0 Å². The van der Waals surface area contributed by atoms with Crippen molar-refractivity contribution in [1.29, 1.82) is 0 Å². The van der Waals surface area contributed by atoms with Gasteiger partial charge in [0.1, 0.15) is 5.52 Å². The van der Waals surface area contributed by atoms with Crippen LogP contribution in [-0.4, -0.2) is 45.3 Å². The van der Waals surface area contributed by atoms with Crippen molar-refractivity contribution in [3.63, 3.8) is 0 Å². The molecule has 2 heterocycles. The molecule has 8 nitrogen and oxygen atoms in total. The molecule has 174 valence electrons. The van der Waals surface area contributed by atoms with Crippen molar-refractivity contribution in [2.24, 2.45) is 7.05 Å². The van der Waals surface area contributed by atoms with Crippen LogP contribution in [0.5, 0.6) is 0 Å². The molecule has 0 aliphatic carbocycles. The molecular weight excluding hydrogens is 452 g/mol. The van der Waals surface area contributed by atoms with Crippen molar-refractivity contribution in [2.75, 3.05) is 6.54 Å². The molecule has 1 unspecified atom stereocenters. The number of carboxylic acid groups (broad SMARTS) is 1. The molecule has 0 saturated carbocycles. The standard InChI is InChI=1S/C25H24N4O4S/c1-28-24-10-9-19(14-23(24)26-27-28)22(15-25(30)31)18-8-7-17-11-12-29(16-20(17)13-18)34(32,33)21-5-3-2-4-6-21/h2-10,13-14,22H,11-12,15-16H2,1H3,(H,30,31). The van der Waals surface area contributed by atoms with E-state index in [1.807, 2.05) is 43.4 Å². The van der Waals surface area contributed by atoms with E-state index < -0.39 is 21.9 Å². The van der Waals surface area contributed by atoms with Crippen LogP contribution in [0.4, 0.5) is 0 Å². The maximum Gasteiger partial charge on any atom is 0.304 e. The first-order valence-electron chi connectivity index (χ1n) is 11.0. The summed E-state index contributed by atoms with van der Waals surface area (Å²) in [5, 5.41) is 17.8. The normalized spacial score (nSPS) is 15.2. The number of aromatic nitrogens is 3. The Labute approximate surface area is 197 Å². The van der Waals surface area contributed by atoms with Crippen LogP contribution >= 0.6 is 0 Å². The van der Waals surface area contributed by atoms with Crippen molar-refractivity contribution >= 4 is 27.0 Å². The fourth-order valence-electron chi connectivity index (χ4n) is 4.59. The second-order valence-electron chi connectivity index (χ2n) is 8.54. The Morgan fingerprint density at radius 1 is 1.03 bits per heavy atom. The number of carbonyl (C=O) groups is 1. The van der Waals surface area contributed by atoms with E-state index in [-0.39, 0.29) is 17.9 Å². The quantitative estimate of drug-likeness (QED) is 0.458. The third-order valence-electron chi connectivity index (χ3n) is 6.41. The molecule has 9 heteroatoms. The van der Waals surface area contributed by atoms with Gasteiger partial charge in [0.2, 0.25) is 10.0 Å². The summed E-state index contributed by atoms with van der Waals surface area (Å²) in [5.41, 5.74) is 5.22. The van der Waals surface area contributed by atoms with Gasteiger partial charge in [0, 0.05) is 26.1 Å². The summed E-state index contributed by atoms with van der Waals surface area (Å²) in [4.78, 5) is 12.0. The second-order valence-corrected chi connectivity index (χ2v) is 10.5. The number of rotatable bonds is 6. The maximum atomic E-state index is 13.1. The molecule has 1 aromatic heterocycles. The summed E-state index contributed by atoms with van der Waals surface area (Å²) in [6.45, 7) is 0.662. The number of hydrogen-bond acceptors (Lipinski definition) is 5. The van der Waals surface area contributed by atoms with Crippen LogP contribution in [0.2, 0.25) is 0 Å². The summed E-state index contributed by atoms with van der Waals surface area (Å²) in [7, 11) is -1.80. The van der Waals surface area contributed by atoms with Crippen molar-refractivity contribution in [3.05, 3.63) is 89.0 Å². The van der Waals surface area contributed by atoms with E-state index in [1.54, 1.807) is 35.0 Å². The number of aryl methyl sites for hydroxylation is 1. The highest BCUT2D eigenvalue weighted by Gasteiger charge is 2.29. The Morgan fingerprint density at radius 3 is 2.53 bits per heavy atom. The van der Waals surface area contributed by atoms with Crippen molar-refractivity contribution < 1.29 is 18.3 Å². The third-order valence-corrected chi connectivity index (χ3v) is 8.27. The smallest absolute Gasteiger partial charge is 0.304 e. The summed E-state index contributed by atoms with van der Waals surface area (Å²) in [5.74, 6) is -1.30. The van der Waals surface area contributed by atoms with Crippen LogP contribution in [0.1, 0.15) is 34.6 Å². The Morgan fingerprint density at radius 2 is 1.76 bits per heavy atom. The number of hydrogen-bond donors (Lipinski definition) is 1. The number of aliphatic carboxylic acids is 1. The minimum Gasteiger partial charge on any atom is -0.481 e. The molecular formula is C25H24N4O4S. The van der Waals surface area contributed by atoms with Gasteiger partial charge in [-0.15, -0.1) is 5.10 Å². The van der Waals surface area contributed by atoms with Gasteiger partial charge in [-0.05, 0) is 52.9 Å². The first-order chi connectivity index (χ1) is 16.3. The molecule has 0 radical (unpaired) electrons. The molecule has 34 heavy (non-hydrogen) atoms. The zero-order chi connectivity index (χ0) is 23.9. The van der Waals surface area contributed by atoms with Crippen LogP contribution in [0.15, 0.2) is 71.6 Å². The van der Waals surface area contributed by atoms with Crippen molar-refractivity contribution in [2.45, 2.75) is 30.2 Å². The Bertz CT molecular complexity index is 1480. The highest BCUT2D eigenvalue weighted by atomic mass is 32.2. The van der Waals surface area contributed by atoms with E-state index >= 15 is 0 Å². The first-order valence-corrected chi connectivity index (χ1v) is 12.4. The Hall–Kier alpha value is -3.56. The number of carboxylic acids is 1. The highest BCUT2D eigenvalue weighted by Crippen LogP contribution is 2.33. The minimum atomic E-state index is -3.61. The van der Waals surface area contributed by atoms with Gasteiger partial charge in [-0.2, -0.15) is 4.31 Å². The van der Waals surface area contributed by atoms with Gasteiger partial charge < -0.3 is 5.11 Å². The summed E-state index contributed by atoms with van der Waals surface area (Å²) in [6, 6.07) is 20.0. The van der Waals surface area contributed by atoms with Gasteiger partial charge in [0.25, 0.3) is 0 Å². The topological polar surface area (TPSA) is 105 Å². The zero-order valence-electron chi connectivity index (χ0n) is 18.6. The van der Waals surface area contributed by atoms with E-state index in [9.17, 15) is 18.3 Å². The fourth-order valence-corrected chi connectivity index (χ4v) is 6.03. The number of sulfonamides is 1. The lowest BCUT2D eigenvalue weighted by molar-refractivity contribution is -0.137. The largest absolute Gasteiger partial charge is 0.481 e. The van der Waals surface area contributed by atoms with Gasteiger partial charge >= 0.3 is 5.97 Å². The molecule has 5 rings (SSSR count). The van der Waals surface area contributed by atoms with Crippen molar-refractivity contribution in [3.8, 4) is 0 Å². The van der Waals surface area contributed by atoms with Gasteiger partial charge in [0.15, 0.2) is 0 Å². The van der Waals surface area contributed by atoms with E-state index in [1.165, 1.54) is 4.31 Å². The summed E-state index contributed by atoms with van der Waals surface area (Å²) < 4.78 is 29.5. The molecule has 0 fully saturated rings. The molecule has 4 aromatic rings. The molecule has 0 bridgehead atoms.